The van der Waals surface area contributed by atoms with Crippen molar-refractivity contribution in [2.75, 3.05) is 12.3 Å². The quantitative estimate of drug-likeness (QED) is 0.189. The van der Waals surface area contributed by atoms with Crippen LogP contribution in [0.1, 0.15) is 73.7 Å². The Kier molecular flexibility index (Phi) is 11.8. The Bertz CT molecular complexity index is 1250. The minimum atomic E-state index is -0.528. The third-order valence-electron chi connectivity index (χ3n) is 6.99. The summed E-state index contributed by atoms with van der Waals surface area (Å²) >= 11 is 1.66. The number of nitrogens with one attached hydrogen (secondary N) is 2. The van der Waals surface area contributed by atoms with Crippen LogP contribution in [0.3, 0.4) is 0 Å². The maximum absolute atomic E-state index is 12.2. The van der Waals surface area contributed by atoms with Gasteiger partial charge in [0.2, 0.25) is 11.8 Å². The Labute approximate surface area is 246 Å². The fraction of sp³-hybridized carbons (Fsp3) is 0.452. The number of aryl methyl sites for hydroxylation is 1. The van der Waals surface area contributed by atoms with Crippen molar-refractivity contribution >= 4 is 23.6 Å². The van der Waals surface area contributed by atoms with Crippen LogP contribution in [-0.2, 0) is 39.3 Å². The maximum atomic E-state index is 12.2. The van der Waals surface area contributed by atoms with Gasteiger partial charge in [0.05, 0.1) is 18.8 Å². The molecule has 3 unspecified atom stereocenters. The number of unbranched alkanes of at least 4 members (excludes halogenated alkanes) is 2. The third kappa shape index (κ3) is 9.71. The van der Waals surface area contributed by atoms with E-state index in [0.29, 0.717) is 25.9 Å². The van der Waals surface area contributed by atoms with Crippen LogP contribution in [-0.4, -0.2) is 44.9 Å². The lowest BCUT2D eigenvalue weighted by Gasteiger charge is -2.36. The predicted octanol–water partition coefficient (Wildman–Crippen LogP) is 4.56. The van der Waals surface area contributed by atoms with Crippen LogP contribution in [0, 0.1) is 0 Å². The average Bonchev–Trinajstić information content (AvgIpc) is 3.41. The van der Waals surface area contributed by atoms with E-state index in [1.807, 2.05) is 66.3 Å². The number of carbonyl (C=O) groups excluding carboxylic acids is 2. The van der Waals surface area contributed by atoms with Gasteiger partial charge in [0, 0.05) is 63.6 Å². The molecule has 0 bridgehead atoms. The minimum absolute atomic E-state index is 0.00715. The Balaban J connectivity index is 1.32. The van der Waals surface area contributed by atoms with Gasteiger partial charge >= 0.3 is 0 Å². The van der Waals surface area contributed by atoms with Crippen molar-refractivity contribution in [2.24, 2.45) is 7.05 Å². The summed E-state index contributed by atoms with van der Waals surface area (Å²) in [4.78, 5) is 27.6. The van der Waals surface area contributed by atoms with Crippen LogP contribution in [0.2, 0.25) is 0 Å². The number of aliphatic hydroxyl groups excluding tert-OH is 1. The number of nitrogens with zero attached hydrogens (tertiary/aromatic N) is 2. The number of hydrogen-bond donors (Lipinski definition) is 3. The van der Waals surface area contributed by atoms with Gasteiger partial charge < -0.3 is 29.8 Å². The number of imidazole rings is 1. The number of hydrogen-bond acceptors (Lipinski definition) is 7. The molecule has 220 valence electrons. The van der Waals surface area contributed by atoms with E-state index in [0.717, 1.165) is 52.4 Å². The second-order valence-electron chi connectivity index (χ2n) is 10.3. The molecule has 0 spiro atoms. The lowest BCUT2D eigenvalue weighted by molar-refractivity contribution is -0.245. The number of benzene rings is 2. The number of aliphatic hydroxyl groups is 1. The van der Waals surface area contributed by atoms with Gasteiger partial charge in [-0.15, -0.1) is 0 Å². The van der Waals surface area contributed by atoms with E-state index in [4.69, 9.17) is 9.47 Å². The summed E-state index contributed by atoms with van der Waals surface area (Å²) in [6.45, 7) is 2.62. The van der Waals surface area contributed by atoms with Gasteiger partial charge in [-0.05, 0) is 29.5 Å². The molecule has 1 aromatic heterocycles. The lowest BCUT2D eigenvalue weighted by atomic mass is 10.0. The molecular weight excluding hydrogens is 540 g/mol. The van der Waals surface area contributed by atoms with Crippen molar-refractivity contribution in [1.29, 1.82) is 0 Å². The highest BCUT2D eigenvalue weighted by Gasteiger charge is 2.32. The van der Waals surface area contributed by atoms with Crippen molar-refractivity contribution in [3.63, 3.8) is 0 Å². The summed E-state index contributed by atoms with van der Waals surface area (Å²) in [5, 5.41) is 16.1. The zero-order chi connectivity index (χ0) is 29.0. The highest BCUT2D eigenvalue weighted by molar-refractivity contribution is 7.99. The SMILES string of the molecule is CC(=O)NCCCCCC(=O)NCc1ccc(C2OC(CSc3nccn3C)CC(c3ccc(CO)cc3)O2)cc1. The number of thioether (sulfide) groups is 1. The first kappa shape index (κ1) is 30.8. The number of ether oxygens (including phenoxy) is 2. The topological polar surface area (TPSA) is 115 Å². The van der Waals surface area contributed by atoms with Crippen LogP contribution in [0.15, 0.2) is 66.1 Å². The van der Waals surface area contributed by atoms with Crippen LogP contribution in [0.5, 0.6) is 0 Å². The highest BCUT2D eigenvalue weighted by Crippen LogP contribution is 2.39. The van der Waals surface area contributed by atoms with Crippen molar-refractivity contribution in [1.82, 2.24) is 20.2 Å². The number of rotatable bonds is 14. The second-order valence-corrected chi connectivity index (χ2v) is 11.3. The summed E-state index contributed by atoms with van der Waals surface area (Å²) in [7, 11) is 1.98. The van der Waals surface area contributed by atoms with Gasteiger partial charge in [0.25, 0.3) is 0 Å². The lowest BCUT2D eigenvalue weighted by Crippen LogP contribution is -2.31. The van der Waals surface area contributed by atoms with Crippen LogP contribution >= 0.6 is 11.8 Å². The standard InChI is InChI=1S/C31H40N4O5S/c1-22(37)32-15-5-3-4-6-29(38)34-19-23-7-13-26(14-8-23)30-39-27(21-41-31-33-16-17-35(31)2)18-28(40-30)25-11-9-24(20-36)10-12-25/h7-14,16-17,27-28,30,36H,3-6,15,18-21H2,1-2H3,(H,32,37)(H,34,38). The van der Waals surface area contributed by atoms with E-state index in [-0.39, 0.29) is 30.6 Å². The molecule has 1 aliphatic heterocycles. The maximum Gasteiger partial charge on any atom is 0.220 e. The molecule has 1 aliphatic rings. The van der Waals surface area contributed by atoms with Gasteiger partial charge in [-0.2, -0.15) is 0 Å². The Hall–Kier alpha value is -3.18. The summed E-state index contributed by atoms with van der Waals surface area (Å²) < 4.78 is 14.9. The Morgan fingerprint density at radius 2 is 1.73 bits per heavy atom. The van der Waals surface area contributed by atoms with Gasteiger partial charge in [-0.25, -0.2) is 4.98 Å². The second kappa shape index (κ2) is 15.7. The van der Waals surface area contributed by atoms with Crippen LogP contribution < -0.4 is 10.6 Å². The molecule has 0 aliphatic carbocycles. The van der Waals surface area contributed by atoms with Gasteiger partial charge in [0.15, 0.2) is 11.4 Å². The first-order valence-corrected chi connectivity index (χ1v) is 15.1. The molecule has 3 atom stereocenters. The number of aromatic nitrogens is 2. The molecule has 3 N–H and O–H groups in total. The Morgan fingerprint density at radius 3 is 2.41 bits per heavy atom. The first-order chi connectivity index (χ1) is 19.9. The molecule has 4 rings (SSSR count). The van der Waals surface area contributed by atoms with E-state index in [1.165, 1.54) is 6.92 Å². The molecule has 41 heavy (non-hydrogen) atoms. The third-order valence-corrected chi connectivity index (χ3v) is 8.18. The van der Waals surface area contributed by atoms with E-state index in [2.05, 4.69) is 15.6 Å². The van der Waals surface area contributed by atoms with Crippen molar-refractivity contribution < 1.29 is 24.2 Å². The molecule has 1 fully saturated rings. The molecule has 3 aromatic rings. The van der Waals surface area contributed by atoms with Crippen molar-refractivity contribution in [3.8, 4) is 0 Å². The molecule has 2 heterocycles. The average molecular weight is 581 g/mol. The molecule has 2 amide bonds. The molecule has 1 saturated heterocycles. The largest absolute Gasteiger partial charge is 0.392 e. The van der Waals surface area contributed by atoms with Gasteiger partial charge in [-0.1, -0.05) is 66.7 Å². The van der Waals surface area contributed by atoms with Gasteiger partial charge in [0.1, 0.15) is 0 Å². The van der Waals surface area contributed by atoms with Gasteiger partial charge in [-0.3, -0.25) is 9.59 Å². The number of carbonyl (C=O) groups is 2. The summed E-state index contributed by atoms with van der Waals surface area (Å²) in [6.07, 6.45) is 6.76. The monoisotopic (exact) mass is 580 g/mol. The van der Waals surface area contributed by atoms with Crippen LogP contribution in [0.4, 0.5) is 0 Å². The highest BCUT2D eigenvalue weighted by atomic mass is 32.2. The fourth-order valence-corrected chi connectivity index (χ4v) is 5.56. The molecule has 2 aromatic carbocycles. The number of amides is 2. The summed E-state index contributed by atoms with van der Waals surface area (Å²) in [5.74, 6) is 0.742. The molecule has 0 radical (unpaired) electrons. The molecule has 10 heteroatoms. The van der Waals surface area contributed by atoms with Crippen molar-refractivity contribution in [2.45, 2.75) is 75.8 Å². The zero-order valence-electron chi connectivity index (χ0n) is 23.8. The smallest absolute Gasteiger partial charge is 0.220 e. The zero-order valence-corrected chi connectivity index (χ0v) is 24.6. The summed E-state index contributed by atoms with van der Waals surface area (Å²) in [6, 6.07) is 15.8. The van der Waals surface area contributed by atoms with E-state index < -0.39 is 6.29 Å². The van der Waals surface area contributed by atoms with E-state index in [1.54, 1.807) is 18.0 Å². The van der Waals surface area contributed by atoms with E-state index >= 15 is 0 Å². The summed E-state index contributed by atoms with van der Waals surface area (Å²) in [5.41, 5.74) is 3.84. The molecule has 0 saturated carbocycles. The Morgan fingerprint density at radius 1 is 1.00 bits per heavy atom. The van der Waals surface area contributed by atoms with Crippen LogP contribution in [0.25, 0.3) is 0 Å². The van der Waals surface area contributed by atoms with E-state index in [9.17, 15) is 14.7 Å². The first-order valence-electron chi connectivity index (χ1n) is 14.1. The fourth-order valence-electron chi connectivity index (χ4n) is 4.61. The molecular formula is C31H40N4O5S. The predicted molar refractivity (Wildman–Crippen MR) is 158 cm³/mol. The normalized spacial score (nSPS) is 18.7. The van der Waals surface area contributed by atoms with Crippen molar-refractivity contribution in [3.05, 3.63) is 83.2 Å². The molecule has 9 nitrogen and oxygen atoms in total. The minimum Gasteiger partial charge on any atom is -0.392 e.